The molecule has 12 aromatic rings. The molecule has 0 saturated heterocycles. The number of benzene rings is 6. The van der Waals surface area contributed by atoms with Crippen molar-refractivity contribution >= 4 is 294 Å². The first-order valence-electron chi connectivity index (χ1n) is 31.2. The van der Waals surface area contributed by atoms with Gasteiger partial charge >= 0.3 is 29.8 Å². The molecule has 107 heavy (non-hydrogen) atoms. The third-order valence-corrected chi connectivity index (χ3v) is 28.5. The molecule has 28 nitrogen and oxygen atoms in total. The number of hydrogen-bond donors (Lipinski definition) is 11. The van der Waals surface area contributed by atoms with Crippen molar-refractivity contribution in [3.05, 3.63) is 139 Å². The summed E-state index contributed by atoms with van der Waals surface area (Å²) in [4.78, 5) is 106. The Kier molecular flexibility index (Phi) is 24.7. The van der Waals surface area contributed by atoms with Gasteiger partial charge in [0.2, 0.25) is 0 Å². The number of aliphatic carboxylic acids is 5. The molecule has 12 heterocycles. The molecule has 17 N–H and O–H groups in total. The topological polar surface area (TPSA) is 494 Å². The van der Waals surface area contributed by atoms with E-state index in [1.54, 1.807) is 53.4 Å². The highest BCUT2D eigenvalue weighted by atomic mass is 32.2. The van der Waals surface area contributed by atoms with Gasteiger partial charge in [0.1, 0.15) is 60.3 Å². The monoisotopic (exact) mass is 1660 g/mol. The molecule has 6 aliphatic rings. The van der Waals surface area contributed by atoms with E-state index in [1.807, 2.05) is 78.9 Å². The van der Waals surface area contributed by atoms with Crippen molar-refractivity contribution in [3.63, 3.8) is 0 Å². The molecule has 6 unspecified atom stereocenters. The average Bonchev–Trinajstić information content (AvgIpc) is 1.70. The number of carboxylic acids is 5. The molecule has 0 saturated carbocycles. The highest BCUT2D eigenvalue weighted by Crippen LogP contribution is 2.37. The molecular weight excluding hydrogens is 1600 g/mol. The fourth-order valence-electron chi connectivity index (χ4n) is 9.87. The second kappa shape index (κ2) is 34.0. The number of nitrogens with two attached hydrogens (primary N) is 6. The van der Waals surface area contributed by atoms with Crippen LogP contribution < -0.4 is 34.4 Å². The zero-order chi connectivity index (χ0) is 74.6. The third-order valence-electron chi connectivity index (χ3n) is 15.1. The van der Waals surface area contributed by atoms with E-state index in [-0.39, 0.29) is 7.43 Å². The van der Waals surface area contributed by atoms with Gasteiger partial charge in [-0.2, -0.15) is 0 Å². The number of thiazole rings is 6. The second-order valence-corrected chi connectivity index (χ2v) is 35.3. The fraction of sp³-hybridized carbons (Fsp3) is 0.209. The van der Waals surface area contributed by atoms with Crippen LogP contribution in [0.2, 0.25) is 0 Å². The number of hydrogen-bond acceptors (Lipinski definition) is 35. The van der Waals surface area contributed by atoms with Crippen molar-refractivity contribution < 1.29 is 49.5 Å². The molecule has 6 atom stereocenters. The van der Waals surface area contributed by atoms with Crippen LogP contribution in [0.3, 0.4) is 0 Å². The van der Waals surface area contributed by atoms with Gasteiger partial charge < -0.3 is 59.9 Å². The normalized spacial score (nSPS) is 19.1. The zero-order valence-corrected chi connectivity index (χ0v) is 64.4. The Morgan fingerprint density at radius 3 is 0.607 bits per heavy atom. The van der Waals surface area contributed by atoms with Gasteiger partial charge in [-0.25, -0.2) is 53.9 Å². The van der Waals surface area contributed by atoms with E-state index in [4.69, 9.17) is 59.9 Å². The van der Waals surface area contributed by atoms with Crippen LogP contribution in [0.15, 0.2) is 139 Å². The minimum atomic E-state index is -0.886. The number of carbonyl (C=O) groups is 5. The molecule has 18 rings (SSSR count). The second-order valence-electron chi connectivity index (χ2n) is 23.1. The van der Waals surface area contributed by atoms with Crippen molar-refractivity contribution in [1.29, 1.82) is 0 Å². The number of carboxylic acid groups (broad SMARTS) is 5. The van der Waals surface area contributed by atoms with Crippen LogP contribution in [-0.2, 0) is 24.0 Å². The molecule has 6 aromatic heterocycles. The van der Waals surface area contributed by atoms with Gasteiger partial charge in [0.05, 0.1) is 67.3 Å². The van der Waals surface area contributed by atoms with Gasteiger partial charge in [-0.05, 0) is 116 Å². The quantitative estimate of drug-likeness (QED) is 0.0536. The van der Waals surface area contributed by atoms with Gasteiger partial charge in [-0.3, -0.25) is 30.0 Å². The van der Waals surface area contributed by atoms with E-state index in [0.29, 0.717) is 88.5 Å². The predicted molar refractivity (Wildman–Crippen MR) is 451 cm³/mol. The number of aliphatic imine (C=N–C) groups is 6. The minimum Gasteiger partial charge on any atom is -0.480 e. The van der Waals surface area contributed by atoms with E-state index in [1.165, 1.54) is 115 Å². The SMILES string of the molecule is C.CC1CSC(c2nc3ccc(N)cc3s2)=N1.Nc1ccc2nc(C3=NC(C(=O)O)CS3)sc2c1.Nc1ccc2nc(C3=NC(C(=O)O)CS3)sc2c1.Nc1ccc2nc(C3=NC(C(=O)O)CS3)sc2c1.Nc1ccc2nc(C3=NC(C(=O)O)CS3)sc2c1.Nc1ccc2nc(C3=NC(C(=O)O)CS3)sc2c1. The minimum absolute atomic E-state index is 0. The van der Waals surface area contributed by atoms with E-state index in [9.17, 15) is 24.0 Å². The van der Waals surface area contributed by atoms with Crippen molar-refractivity contribution in [2.24, 2.45) is 30.0 Å². The molecule has 0 fully saturated rings. The molecular formula is C67H60N18O10S12. The van der Waals surface area contributed by atoms with Crippen LogP contribution in [0.4, 0.5) is 34.1 Å². The average molecular weight is 1660 g/mol. The summed E-state index contributed by atoms with van der Waals surface area (Å²) in [5.41, 5.74) is 43.9. The highest BCUT2D eigenvalue weighted by Gasteiger charge is 2.32. The molecule has 0 spiro atoms. The Hall–Kier alpha value is -9.07. The molecule has 0 radical (unpaired) electrons. The van der Waals surface area contributed by atoms with Gasteiger partial charge in [-0.1, -0.05) is 7.43 Å². The smallest absolute Gasteiger partial charge is 0.329 e. The van der Waals surface area contributed by atoms with Crippen LogP contribution in [0.25, 0.3) is 61.3 Å². The lowest BCUT2D eigenvalue weighted by Crippen LogP contribution is -2.17. The summed E-state index contributed by atoms with van der Waals surface area (Å²) in [5.74, 6) is -0.994. The summed E-state index contributed by atoms with van der Waals surface area (Å²) in [5, 5.41) is 54.0. The molecule has 6 aliphatic heterocycles. The number of aromatic nitrogens is 6. The van der Waals surface area contributed by atoms with Gasteiger partial charge in [0.15, 0.2) is 30.2 Å². The van der Waals surface area contributed by atoms with Crippen LogP contribution in [-0.4, -0.2) is 186 Å². The summed E-state index contributed by atoms with van der Waals surface area (Å²) in [7, 11) is 0. The first-order chi connectivity index (χ1) is 50.9. The molecule has 6 aromatic carbocycles. The van der Waals surface area contributed by atoms with Crippen molar-refractivity contribution in [1.82, 2.24) is 29.9 Å². The lowest BCUT2D eigenvalue weighted by Gasteiger charge is -1.93. The van der Waals surface area contributed by atoms with Crippen molar-refractivity contribution in [2.75, 3.05) is 68.9 Å². The Balaban J connectivity index is 0.000000120. The lowest BCUT2D eigenvalue weighted by molar-refractivity contribution is -0.138. The molecule has 0 aliphatic carbocycles. The number of nitrogen functional groups attached to an aromatic ring is 6. The Labute approximate surface area is 656 Å². The molecule has 0 amide bonds. The largest absolute Gasteiger partial charge is 0.480 e. The Morgan fingerprint density at radius 1 is 0.290 bits per heavy atom. The Bertz CT molecular complexity index is 5000. The number of anilines is 6. The standard InChI is InChI=1S/5C11H9N3O2S2.C11H11N3S2.CH4/c5*12-5-1-2-6-8(3-5)18-10(13-6)9-14-7(4-17-9)11(15)16;1-6-5-15-10(13-6)11-14-8-3-2-7(12)4-9(8)16-11;/h5*1-3,7H,4,12H2,(H,15,16);2-4,6H,5,12H2,1H3;1H4. The van der Waals surface area contributed by atoms with Gasteiger partial charge in [0.25, 0.3) is 0 Å². The maximum absolute atomic E-state index is 10.8. The molecule has 40 heteroatoms. The van der Waals surface area contributed by atoms with E-state index in [0.717, 1.165) is 108 Å². The Morgan fingerprint density at radius 2 is 0.458 bits per heavy atom. The molecule has 0 bridgehead atoms. The number of thioether (sulfide) groups is 6. The summed E-state index contributed by atoms with van der Waals surface area (Å²) in [6.45, 7) is 2.13. The van der Waals surface area contributed by atoms with Crippen molar-refractivity contribution in [2.45, 2.75) is 50.6 Å². The predicted octanol–water partition coefficient (Wildman–Crippen LogP) is 12.5. The van der Waals surface area contributed by atoms with E-state index < -0.39 is 60.1 Å². The first-order valence-corrected chi connectivity index (χ1v) is 42.1. The third kappa shape index (κ3) is 18.9. The summed E-state index contributed by atoms with van der Waals surface area (Å²) in [6, 6.07) is 30.6. The maximum Gasteiger partial charge on any atom is 0.329 e. The van der Waals surface area contributed by atoms with Crippen LogP contribution in [0.1, 0.15) is 44.4 Å². The zero-order valence-electron chi connectivity index (χ0n) is 54.6. The molecule has 550 valence electrons. The highest BCUT2D eigenvalue weighted by molar-refractivity contribution is 8.16. The first kappa shape index (κ1) is 77.5. The number of fused-ring (bicyclic) bond motifs is 6. The fourth-order valence-corrected chi connectivity index (χ4v) is 22.5. The summed E-state index contributed by atoms with van der Waals surface area (Å²) in [6.07, 6.45) is 0. The van der Waals surface area contributed by atoms with E-state index in [2.05, 4.69) is 66.8 Å². The van der Waals surface area contributed by atoms with Crippen LogP contribution >= 0.6 is 139 Å². The van der Waals surface area contributed by atoms with Crippen LogP contribution in [0.5, 0.6) is 0 Å². The maximum atomic E-state index is 10.8. The summed E-state index contributed by atoms with van der Waals surface area (Å²) >= 11 is 18.1. The lowest BCUT2D eigenvalue weighted by atomic mass is 10.3. The van der Waals surface area contributed by atoms with E-state index >= 15 is 0 Å². The number of nitrogens with zero attached hydrogens (tertiary/aromatic N) is 12. The number of rotatable bonds is 11. The van der Waals surface area contributed by atoms with Crippen LogP contribution in [0, 0.1) is 0 Å². The van der Waals surface area contributed by atoms with Crippen molar-refractivity contribution in [3.8, 4) is 0 Å². The van der Waals surface area contributed by atoms with Gasteiger partial charge in [-0.15, -0.1) is 139 Å². The van der Waals surface area contributed by atoms with Gasteiger partial charge in [0, 0.05) is 68.6 Å². The summed E-state index contributed by atoms with van der Waals surface area (Å²) < 4.78 is 6.10.